The molecule has 4 fully saturated rings. The van der Waals surface area contributed by atoms with Crippen LogP contribution in [-0.4, -0.2) is 82.3 Å². The highest BCUT2D eigenvalue weighted by atomic mass is 16.7. The van der Waals surface area contributed by atoms with E-state index in [1.807, 2.05) is 26.0 Å². The standard InChI is InChI=1S/C36H46O12/c1-19-23-15-13-21(9-7-17-35(3)29(47-35)27(23)45-31(19)37)25(43-33(39)40)11-5-6-12-26(44-34(41)42)22-10-8-18-36(4)30(48-36)28-24(16-14-22)20(2)32(38)46-28/h9-10,23-30H,1-2,5-8,11-18H2,3-4H3,(H,39,40)(H,41,42)/b21-9+,22-10+/t23-,24-,25?,26?,27-,28-,29-,30-,35+,36+/m0/s1. The molecule has 2 aliphatic carbocycles. The van der Waals surface area contributed by atoms with Gasteiger partial charge in [0.05, 0.1) is 11.2 Å². The molecule has 0 aromatic carbocycles. The van der Waals surface area contributed by atoms with E-state index in [-0.39, 0.29) is 24.0 Å². The van der Waals surface area contributed by atoms with Gasteiger partial charge in [0.15, 0.2) is 0 Å². The minimum absolute atomic E-state index is 0.175. The van der Waals surface area contributed by atoms with Gasteiger partial charge in [0, 0.05) is 23.0 Å². The smallest absolute Gasteiger partial charge is 0.455 e. The second kappa shape index (κ2) is 13.3. The predicted octanol–water partition coefficient (Wildman–Crippen LogP) is 6.18. The average molecular weight is 671 g/mol. The third-order valence-electron chi connectivity index (χ3n) is 11.3. The van der Waals surface area contributed by atoms with Crippen molar-refractivity contribution in [2.45, 2.75) is 139 Å². The Labute approximate surface area is 280 Å². The first kappa shape index (κ1) is 34.2. The maximum Gasteiger partial charge on any atom is 0.506 e. The molecule has 0 saturated carbocycles. The number of hydrogen-bond acceptors (Lipinski definition) is 10. The zero-order chi connectivity index (χ0) is 34.4. The number of unbranched alkanes of at least 4 members (excludes halogenated alkanes) is 1. The van der Waals surface area contributed by atoms with E-state index in [1.165, 1.54) is 0 Å². The van der Waals surface area contributed by atoms with Crippen molar-refractivity contribution in [3.05, 3.63) is 47.6 Å². The summed E-state index contributed by atoms with van der Waals surface area (Å²) in [6.07, 6.45) is 5.52. The average Bonchev–Trinajstić information content (AvgIpc) is 3.83. The van der Waals surface area contributed by atoms with Crippen LogP contribution in [0, 0.1) is 11.8 Å². The van der Waals surface area contributed by atoms with E-state index < -0.39 is 59.9 Å². The molecule has 4 heterocycles. The van der Waals surface area contributed by atoms with Crippen LogP contribution in [0.25, 0.3) is 0 Å². The molecule has 2 unspecified atom stereocenters. The Balaban J connectivity index is 1.11. The summed E-state index contributed by atoms with van der Waals surface area (Å²) in [6.45, 7) is 11.9. The minimum atomic E-state index is -1.37. The molecule has 0 radical (unpaired) electrons. The summed E-state index contributed by atoms with van der Waals surface area (Å²) in [5, 5.41) is 19.2. The van der Waals surface area contributed by atoms with E-state index in [4.69, 9.17) is 28.4 Å². The Morgan fingerprint density at radius 3 is 1.56 bits per heavy atom. The minimum Gasteiger partial charge on any atom is -0.455 e. The van der Waals surface area contributed by atoms with Crippen molar-refractivity contribution in [1.29, 1.82) is 0 Å². The summed E-state index contributed by atoms with van der Waals surface area (Å²) in [7, 11) is 0. The van der Waals surface area contributed by atoms with Crippen molar-refractivity contribution >= 4 is 24.2 Å². The molecule has 12 nitrogen and oxygen atoms in total. The topological polar surface area (TPSA) is 171 Å². The molecule has 12 heteroatoms. The fourth-order valence-electron chi connectivity index (χ4n) is 8.29. The van der Waals surface area contributed by atoms with Crippen LogP contribution in [0.4, 0.5) is 9.59 Å². The van der Waals surface area contributed by atoms with Crippen molar-refractivity contribution < 1.29 is 57.8 Å². The molecule has 0 bridgehead atoms. The summed E-state index contributed by atoms with van der Waals surface area (Å²) >= 11 is 0. The lowest BCUT2D eigenvalue weighted by atomic mass is 9.82. The first-order chi connectivity index (χ1) is 22.8. The van der Waals surface area contributed by atoms with Crippen LogP contribution in [0.15, 0.2) is 47.6 Å². The van der Waals surface area contributed by atoms with Gasteiger partial charge in [-0.05, 0) is 102 Å². The van der Waals surface area contributed by atoms with Gasteiger partial charge in [-0.15, -0.1) is 0 Å². The van der Waals surface area contributed by atoms with E-state index in [2.05, 4.69) is 13.2 Å². The predicted molar refractivity (Wildman–Crippen MR) is 169 cm³/mol. The molecule has 0 aromatic rings. The fraction of sp³-hybridized carbons (Fsp3) is 0.667. The number of ether oxygens (including phenoxy) is 6. The van der Waals surface area contributed by atoms with Crippen molar-refractivity contribution in [3.63, 3.8) is 0 Å². The second-order valence-corrected chi connectivity index (χ2v) is 14.4. The van der Waals surface area contributed by atoms with Gasteiger partial charge in [-0.2, -0.15) is 0 Å². The summed E-state index contributed by atoms with van der Waals surface area (Å²) in [6, 6.07) is 0. The highest BCUT2D eigenvalue weighted by Gasteiger charge is 2.62. The van der Waals surface area contributed by atoms with Gasteiger partial charge in [0.2, 0.25) is 0 Å². The summed E-state index contributed by atoms with van der Waals surface area (Å²) in [5.74, 6) is -1.28. The van der Waals surface area contributed by atoms with Gasteiger partial charge in [-0.3, -0.25) is 0 Å². The molecule has 10 atom stereocenters. The summed E-state index contributed by atoms with van der Waals surface area (Å²) < 4.78 is 34.1. The quantitative estimate of drug-likeness (QED) is 0.0714. The van der Waals surface area contributed by atoms with Gasteiger partial charge >= 0.3 is 24.2 Å². The normalized spacial score (nSPS) is 39.3. The Morgan fingerprint density at radius 1 is 0.792 bits per heavy atom. The van der Waals surface area contributed by atoms with Crippen LogP contribution in [0.1, 0.15) is 90.9 Å². The maximum atomic E-state index is 12.4. The monoisotopic (exact) mass is 670 g/mol. The molecule has 6 aliphatic rings. The Kier molecular flexibility index (Phi) is 9.52. The lowest BCUT2D eigenvalue weighted by Gasteiger charge is -2.25. The van der Waals surface area contributed by atoms with Gasteiger partial charge in [-0.1, -0.05) is 25.3 Å². The Bertz CT molecular complexity index is 1320. The van der Waals surface area contributed by atoms with Crippen molar-refractivity contribution in [3.8, 4) is 0 Å². The van der Waals surface area contributed by atoms with Gasteiger partial charge in [-0.25, -0.2) is 19.2 Å². The first-order valence-corrected chi connectivity index (χ1v) is 17.1. The van der Waals surface area contributed by atoms with E-state index in [0.717, 1.165) is 11.1 Å². The van der Waals surface area contributed by atoms with E-state index in [9.17, 15) is 29.4 Å². The summed E-state index contributed by atoms with van der Waals surface area (Å²) in [4.78, 5) is 48.3. The zero-order valence-corrected chi connectivity index (χ0v) is 27.6. The number of carboxylic acid groups (broad SMARTS) is 2. The molecule has 4 aliphatic heterocycles. The zero-order valence-electron chi connectivity index (χ0n) is 27.6. The van der Waals surface area contributed by atoms with Crippen LogP contribution >= 0.6 is 0 Å². The Hall–Kier alpha value is -3.64. The molecule has 4 saturated heterocycles. The number of rotatable bonds is 9. The number of epoxide rings is 2. The van der Waals surface area contributed by atoms with Crippen molar-refractivity contribution in [2.24, 2.45) is 11.8 Å². The van der Waals surface area contributed by atoms with Crippen LogP contribution in [0.3, 0.4) is 0 Å². The lowest BCUT2D eigenvalue weighted by Crippen LogP contribution is -2.30. The van der Waals surface area contributed by atoms with Crippen LogP contribution in [0.5, 0.6) is 0 Å². The largest absolute Gasteiger partial charge is 0.506 e. The highest BCUT2D eigenvalue weighted by Crippen LogP contribution is 2.51. The van der Waals surface area contributed by atoms with Crippen molar-refractivity contribution in [2.75, 3.05) is 0 Å². The van der Waals surface area contributed by atoms with Gasteiger partial charge in [0.1, 0.15) is 36.6 Å². The maximum absolute atomic E-state index is 12.4. The third-order valence-corrected chi connectivity index (χ3v) is 11.3. The highest BCUT2D eigenvalue weighted by molar-refractivity contribution is 5.91. The van der Waals surface area contributed by atoms with Gasteiger partial charge < -0.3 is 38.6 Å². The SMILES string of the molecule is C=C1C(=O)O[C@H]2[C@H]1CC/C(C(CCCCC(OC(=O)O)/C1=C/CC[C@@]3(C)O[C@H]3[C@H]3OC(=O)C(=C)[C@@H]3CC1)OC(=O)O)=C\CC[C@@]1(C)O[C@@H]21. The number of esters is 2. The number of fused-ring (bicyclic) bond motifs is 6. The lowest BCUT2D eigenvalue weighted by molar-refractivity contribution is -0.140. The van der Waals surface area contributed by atoms with Crippen LogP contribution in [0.2, 0.25) is 0 Å². The second-order valence-electron chi connectivity index (χ2n) is 14.4. The van der Waals surface area contributed by atoms with E-state index in [1.54, 1.807) is 0 Å². The van der Waals surface area contributed by atoms with Crippen LogP contribution in [-0.2, 0) is 38.0 Å². The van der Waals surface area contributed by atoms with Crippen molar-refractivity contribution in [1.82, 2.24) is 0 Å². The van der Waals surface area contributed by atoms with Crippen LogP contribution < -0.4 is 0 Å². The third kappa shape index (κ3) is 7.05. The fourth-order valence-corrected chi connectivity index (χ4v) is 8.29. The van der Waals surface area contributed by atoms with E-state index >= 15 is 0 Å². The molecule has 0 amide bonds. The molecular formula is C36H46O12. The molecule has 0 aromatic heterocycles. The molecule has 2 N–H and O–H groups in total. The molecule has 48 heavy (non-hydrogen) atoms. The number of allylic oxidation sites excluding steroid dienone is 2. The molecule has 0 spiro atoms. The van der Waals surface area contributed by atoms with E-state index in [0.29, 0.717) is 88.2 Å². The first-order valence-electron chi connectivity index (χ1n) is 17.1. The number of carbonyl (C=O) groups is 4. The number of carbonyl (C=O) groups excluding carboxylic acids is 2. The molecular weight excluding hydrogens is 624 g/mol. The summed E-state index contributed by atoms with van der Waals surface area (Å²) in [5.41, 5.74) is 1.68. The Morgan fingerprint density at radius 2 is 1.19 bits per heavy atom. The molecule has 6 rings (SSSR count). The van der Waals surface area contributed by atoms with Gasteiger partial charge in [0.25, 0.3) is 0 Å². The molecule has 262 valence electrons. The number of hydrogen-bond donors (Lipinski definition) is 2.